The lowest BCUT2D eigenvalue weighted by Gasteiger charge is -2.33. The quantitative estimate of drug-likeness (QED) is 0.557. The topological polar surface area (TPSA) is 138 Å². The summed E-state index contributed by atoms with van der Waals surface area (Å²) in [6.45, 7) is 5.27. The van der Waals surface area contributed by atoms with Crippen molar-refractivity contribution in [1.82, 2.24) is 14.2 Å². The van der Waals surface area contributed by atoms with E-state index in [0.717, 1.165) is 12.8 Å². The van der Waals surface area contributed by atoms with E-state index in [1.165, 1.54) is 6.07 Å². The van der Waals surface area contributed by atoms with Crippen molar-refractivity contribution in [1.29, 1.82) is 5.26 Å². The highest BCUT2D eigenvalue weighted by molar-refractivity contribution is 7.89. The Labute approximate surface area is 200 Å². The number of likely N-dealkylation sites (tertiary alicyclic amines) is 1. The molecule has 0 aliphatic carbocycles. The number of nitrogens with one attached hydrogen (secondary N) is 1. The van der Waals surface area contributed by atoms with Gasteiger partial charge in [0.1, 0.15) is 17.8 Å². The van der Waals surface area contributed by atoms with Crippen molar-refractivity contribution in [3.8, 4) is 6.07 Å². The molecular weight excluding hydrogens is 454 g/mol. The van der Waals surface area contributed by atoms with E-state index in [4.69, 9.17) is 5.73 Å². The second kappa shape index (κ2) is 10.8. The molecule has 2 heterocycles. The van der Waals surface area contributed by atoms with Crippen molar-refractivity contribution >= 4 is 21.8 Å². The molecule has 0 saturated carbocycles. The number of primary amides is 1. The number of sulfonamides is 1. The SMILES string of the molecule is Cc1cc(CC(N)=O)ccc1S(=O)(=O)NC(CCn1cccc1C#N)C(=O)N1CCC(C)CC1. The van der Waals surface area contributed by atoms with Crippen LogP contribution in [0.2, 0.25) is 0 Å². The summed E-state index contributed by atoms with van der Waals surface area (Å²) < 4.78 is 30.9. The van der Waals surface area contributed by atoms with Gasteiger partial charge in [0.25, 0.3) is 0 Å². The summed E-state index contributed by atoms with van der Waals surface area (Å²) in [5.41, 5.74) is 6.76. The molecule has 1 unspecified atom stereocenters. The summed E-state index contributed by atoms with van der Waals surface area (Å²) in [6.07, 6.45) is 3.70. The van der Waals surface area contributed by atoms with Gasteiger partial charge in [-0.15, -0.1) is 0 Å². The van der Waals surface area contributed by atoms with Gasteiger partial charge in [-0.05, 0) is 61.4 Å². The Morgan fingerprint density at radius 3 is 2.59 bits per heavy atom. The maximum atomic E-state index is 13.4. The highest BCUT2D eigenvalue weighted by Crippen LogP contribution is 2.21. The zero-order valence-electron chi connectivity index (χ0n) is 19.5. The van der Waals surface area contributed by atoms with Crippen molar-refractivity contribution in [2.75, 3.05) is 13.1 Å². The van der Waals surface area contributed by atoms with Crippen LogP contribution in [0.1, 0.15) is 43.0 Å². The van der Waals surface area contributed by atoms with Crippen LogP contribution in [0.25, 0.3) is 0 Å². The van der Waals surface area contributed by atoms with Crippen LogP contribution >= 0.6 is 0 Å². The minimum atomic E-state index is -4.02. The van der Waals surface area contributed by atoms with Gasteiger partial charge in [0.15, 0.2) is 0 Å². The van der Waals surface area contributed by atoms with Crippen molar-refractivity contribution in [2.24, 2.45) is 11.7 Å². The van der Waals surface area contributed by atoms with Gasteiger partial charge in [0, 0.05) is 25.8 Å². The van der Waals surface area contributed by atoms with Gasteiger partial charge in [-0.3, -0.25) is 9.59 Å². The Hall–Kier alpha value is -3.16. The molecule has 1 saturated heterocycles. The lowest BCUT2D eigenvalue weighted by Crippen LogP contribution is -2.51. The normalized spacial score (nSPS) is 15.6. The average molecular weight is 486 g/mol. The number of hydrogen-bond acceptors (Lipinski definition) is 5. The molecule has 9 nitrogen and oxygen atoms in total. The number of amides is 2. The Kier molecular flexibility index (Phi) is 8.12. The first kappa shape index (κ1) is 25.5. The van der Waals surface area contributed by atoms with Crippen LogP contribution in [0, 0.1) is 24.2 Å². The molecule has 0 bridgehead atoms. The number of carbonyl (C=O) groups excluding carboxylic acids is 2. The summed E-state index contributed by atoms with van der Waals surface area (Å²) in [7, 11) is -4.02. The number of hydrogen-bond donors (Lipinski definition) is 2. The number of aryl methyl sites for hydroxylation is 2. The molecule has 10 heteroatoms. The van der Waals surface area contributed by atoms with Gasteiger partial charge in [-0.2, -0.15) is 9.98 Å². The van der Waals surface area contributed by atoms with E-state index in [1.807, 2.05) is 0 Å². The van der Waals surface area contributed by atoms with E-state index in [9.17, 15) is 23.3 Å². The Bertz CT molecular complexity index is 1190. The van der Waals surface area contributed by atoms with Crippen LogP contribution in [0.4, 0.5) is 0 Å². The van der Waals surface area contributed by atoms with Gasteiger partial charge in [0.05, 0.1) is 11.3 Å². The molecule has 1 aromatic heterocycles. The van der Waals surface area contributed by atoms with Crippen LogP contribution in [0.5, 0.6) is 0 Å². The number of nitrogens with zero attached hydrogens (tertiary/aromatic N) is 3. The molecular formula is C24H31N5O4S. The largest absolute Gasteiger partial charge is 0.369 e. The van der Waals surface area contributed by atoms with Crippen LogP contribution in [-0.4, -0.2) is 48.8 Å². The predicted molar refractivity (Wildman–Crippen MR) is 127 cm³/mol. The molecule has 34 heavy (non-hydrogen) atoms. The van der Waals surface area contributed by atoms with Crippen LogP contribution in [0.3, 0.4) is 0 Å². The highest BCUT2D eigenvalue weighted by atomic mass is 32.2. The third kappa shape index (κ3) is 6.24. The van der Waals surface area contributed by atoms with Crippen molar-refractivity contribution in [2.45, 2.75) is 57.0 Å². The van der Waals surface area contributed by atoms with E-state index in [1.54, 1.807) is 46.9 Å². The molecule has 3 N–H and O–H groups in total. The molecule has 1 atom stereocenters. The molecule has 1 aliphatic heterocycles. The predicted octanol–water partition coefficient (Wildman–Crippen LogP) is 1.69. The number of benzene rings is 1. The van der Waals surface area contributed by atoms with Gasteiger partial charge in [0.2, 0.25) is 21.8 Å². The fraction of sp³-hybridized carbons (Fsp3) is 0.458. The minimum Gasteiger partial charge on any atom is -0.369 e. The summed E-state index contributed by atoms with van der Waals surface area (Å²) >= 11 is 0. The van der Waals surface area contributed by atoms with E-state index >= 15 is 0 Å². The fourth-order valence-corrected chi connectivity index (χ4v) is 5.69. The summed E-state index contributed by atoms with van der Waals surface area (Å²) in [6, 6.07) is 9.12. The lowest BCUT2D eigenvalue weighted by atomic mass is 9.98. The Morgan fingerprint density at radius 1 is 1.26 bits per heavy atom. The van der Waals surface area contributed by atoms with E-state index < -0.39 is 22.0 Å². The van der Waals surface area contributed by atoms with Gasteiger partial charge >= 0.3 is 0 Å². The molecule has 2 aromatic rings. The summed E-state index contributed by atoms with van der Waals surface area (Å²) in [5, 5.41) is 9.27. The maximum Gasteiger partial charge on any atom is 0.241 e. The average Bonchev–Trinajstić information content (AvgIpc) is 3.23. The van der Waals surface area contributed by atoms with Gasteiger partial charge < -0.3 is 15.2 Å². The molecule has 0 spiro atoms. The van der Waals surface area contributed by atoms with E-state index in [-0.39, 0.29) is 23.6 Å². The van der Waals surface area contributed by atoms with Gasteiger partial charge in [-0.1, -0.05) is 19.1 Å². The summed E-state index contributed by atoms with van der Waals surface area (Å²) in [4.78, 5) is 26.3. The van der Waals surface area contributed by atoms with Crippen molar-refractivity contribution in [3.63, 3.8) is 0 Å². The Morgan fingerprint density at radius 2 is 1.97 bits per heavy atom. The second-order valence-corrected chi connectivity index (χ2v) is 10.6. The molecule has 1 aromatic carbocycles. The lowest BCUT2D eigenvalue weighted by molar-refractivity contribution is -0.134. The number of aromatic nitrogens is 1. The zero-order valence-corrected chi connectivity index (χ0v) is 20.3. The van der Waals surface area contributed by atoms with Crippen molar-refractivity contribution in [3.05, 3.63) is 53.3 Å². The first-order chi connectivity index (χ1) is 16.1. The third-order valence-corrected chi connectivity index (χ3v) is 7.83. The molecule has 1 fully saturated rings. The first-order valence-electron chi connectivity index (χ1n) is 11.3. The highest BCUT2D eigenvalue weighted by Gasteiger charge is 2.31. The molecule has 182 valence electrons. The Balaban J connectivity index is 1.83. The number of piperidine rings is 1. The maximum absolute atomic E-state index is 13.4. The second-order valence-electron chi connectivity index (χ2n) is 8.91. The third-order valence-electron chi connectivity index (χ3n) is 6.20. The van der Waals surface area contributed by atoms with Crippen molar-refractivity contribution < 1.29 is 18.0 Å². The fourth-order valence-electron chi connectivity index (χ4n) is 4.24. The zero-order chi connectivity index (χ0) is 24.9. The number of rotatable bonds is 9. The molecule has 2 amide bonds. The first-order valence-corrected chi connectivity index (χ1v) is 12.8. The van der Waals surface area contributed by atoms with Gasteiger partial charge in [-0.25, -0.2) is 8.42 Å². The number of carbonyl (C=O) groups is 2. The van der Waals surface area contributed by atoms with Crippen LogP contribution < -0.4 is 10.5 Å². The standard InChI is InChI=1S/C24H31N5O4S/c1-17-7-11-29(12-8-17)24(31)21(9-13-28-10-3-4-20(28)16-25)27-34(32,33)22-6-5-19(14-18(22)2)15-23(26)30/h3-6,10,14,17,21,27H,7-9,11-13,15H2,1-2H3,(H2,26,30). The summed E-state index contributed by atoms with van der Waals surface area (Å²) in [5.74, 6) is -0.237. The molecule has 0 radical (unpaired) electrons. The van der Waals surface area contributed by atoms with E-state index in [2.05, 4.69) is 17.7 Å². The van der Waals surface area contributed by atoms with E-state index in [0.29, 0.717) is 42.4 Å². The smallest absolute Gasteiger partial charge is 0.241 e. The monoisotopic (exact) mass is 485 g/mol. The van der Waals surface area contributed by atoms with Crippen LogP contribution in [0.15, 0.2) is 41.4 Å². The number of nitriles is 1. The number of nitrogens with two attached hydrogens (primary N) is 1. The minimum absolute atomic E-state index is 0.0151. The van der Waals surface area contributed by atoms with Crippen LogP contribution in [-0.2, 0) is 32.6 Å². The molecule has 1 aliphatic rings. The molecule has 3 rings (SSSR count).